The molecule has 1 N–H and O–H groups in total. The van der Waals surface area contributed by atoms with Crippen molar-refractivity contribution in [1.29, 1.82) is 0 Å². The predicted octanol–water partition coefficient (Wildman–Crippen LogP) is 2.47. The first kappa shape index (κ1) is 9.13. The van der Waals surface area contributed by atoms with Crippen LogP contribution in [0.3, 0.4) is 0 Å². The highest BCUT2D eigenvalue weighted by Crippen LogP contribution is 2.28. The number of hydrogen-bond acceptors (Lipinski definition) is 2. The Bertz CT molecular complexity index is 357. The van der Waals surface area contributed by atoms with Gasteiger partial charge in [0, 0.05) is 24.3 Å². The van der Waals surface area contributed by atoms with Crippen molar-refractivity contribution in [3.8, 4) is 5.75 Å². The molecule has 0 atom stereocenters. The number of anilines is 1. The summed E-state index contributed by atoms with van der Waals surface area (Å²) in [5.41, 5.74) is 2.12. The highest BCUT2D eigenvalue weighted by molar-refractivity contribution is 5.58. The molecule has 1 aliphatic rings. The zero-order valence-corrected chi connectivity index (χ0v) is 8.40. The number of aromatic hydroxyl groups is 1. The second-order valence-corrected chi connectivity index (χ2v) is 3.63. The molecule has 0 saturated heterocycles. The van der Waals surface area contributed by atoms with Crippen LogP contribution in [0.15, 0.2) is 30.4 Å². The lowest BCUT2D eigenvalue weighted by Gasteiger charge is -2.27. The van der Waals surface area contributed by atoms with Crippen LogP contribution in [0, 0.1) is 6.92 Å². The molecule has 0 aliphatic carbocycles. The lowest BCUT2D eigenvalue weighted by molar-refractivity contribution is 0.471. The molecule has 0 bridgehead atoms. The van der Waals surface area contributed by atoms with Gasteiger partial charge in [0.1, 0.15) is 5.75 Å². The van der Waals surface area contributed by atoms with Crippen molar-refractivity contribution in [3.63, 3.8) is 0 Å². The zero-order chi connectivity index (χ0) is 9.97. The minimum atomic E-state index is 0.386. The summed E-state index contributed by atoms with van der Waals surface area (Å²) in [6.45, 7) is 3.95. The van der Waals surface area contributed by atoms with E-state index < -0.39 is 0 Å². The van der Waals surface area contributed by atoms with Gasteiger partial charge in [-0.25, -0.2) is 0 Å². The van der Waals surface area contributed by atoms with Crippen molar-refractivity contribution in [2.45, 2.75) is 13.3 Å². The van der Waals surface area contributed by atoms with Gasteiger partial charge in [-0.1, -0.05) is 18.2 Å². The molecule has 2 heteroatoms. The number of nitrogens with zero attached hydrogens (tertiary/aromatic N) is 1. The predicted molar refractivity (Wildman–Crippen MR) is 58.8 cm³/mol. The standard InChI is InChI=1S/C12H15NO/c1-10-11(6-5-7-12(10)14)13-8-3-2-4-9-13/h2-3,5-7,14H,4,8-9H2,1H3. The van der Waals surface area contributed by atoms with E-state index in [2.05, 4.69) is 23.1 Å². The molecule has 1 aliphatic heterocycles. The third-order valence-corrected chi connectivity index (χ3v) is 2.68. The van der Waals surface area contributed by atoms with Crippen LogP contribution in [0.25, 0.3) is 0 Å². The largest absolute Gasteiger partial charge is 0.508 e. The Labute approximate surface area is 84.5 Å². The van der Waals surface area contributed by atoms with Crippen LogP contribution in [0.4, 0.5) is 5.69 Å². The van der Waals surface area contributed by atoms with Crippen LogP contribution in [-0.4, -0.2) is 18.2 Å². The number of rotatable bonds is 1. The van der Waals surface area contributed by atoms with E-state index in [9.17, 15) is 5.11 Å². The first-order valence-corrected chi connectivity index (χ1v) is 4.97. The summed E-state index contributed by atoms with van der Waals surface area (Å²) in [5.74, 6) is 0.386. The maximum absolute atomic E-state index is 9.59. The average molecular weight is 189 g/mol. The summed E-state index contributed by atoms with van der Waals surface area (Å²) in [6, 6.07) is 5.70. The lowest BCUT2D eigenvalue weighted by Crippen LogP contribution is -2.27. The second kappa shape index (κ2) is 3.74. The second-order valence-electron chi connectivity index (χ2n) is 3.63. The zero-order valence-electron chi connectivity index (χ0n) is 8.40. The molecule has 1 heterocycles. The van der Waals surface area contributed by atoms with Gasteiger partial charge >= 0.3 is 0 Å². The van der Waals surface area contributed by atoms with Gasteiger partial charge < -0.3 is 10.0 Å². The molecule has 74 valence electrons. The SMILES string of the molecule is Cc1c(O)cccc1N1CC=CCC1. The molecule has 0 aromatic heterocycles. The first-order chi connectivity index (χ1) is 6.79. The molecule has 14 heavy (non-hydrogen) atoms. The number of phenols is 1. The van der Waals surface area contributed by atoms with E-state index in [1.807, 2.05) is 13.0 Å². The van der Waals surface area contributed by atoms with Gasteiger partial charge in [0.25, 0.3) is 0 Å². The Morgan fingerprint density at radius 3 is 2.86 bits per heavy atom. The summed E-state index contributed by atoms with van der Waals surface area (Å²) in [7, 11) is 0. The summed E-state index contributed by atoms with van der Waals surface area (Å²) in [6.07, 6.45) is 5.47. The molecule has 0 unspecified atom stereocenters. The first-order valence-electron chi connectivity index (χ1n) is 4.97. The van der Waals surface area contributed by atoms with E-state index in [1.54, 1.807) is 6.07 Å². The van der Waals surface area contributed by atoms with Crippen molar-refractivity contribution in [1.82, 2.24) is 0 Å². The van der Waals surface area contributed by atoms with Gasteiger partial charge in [-0.15, -0.1) is 0 Å². The third-order valence-electron chi connectivity index (χ3n) is 2.68. The molecule has 1 aromatic rings. The monoisotopic (exact) mass is 189 g/mol. The van der Waals surface area contributed by atoms with Gasteiger partial charge in [-0.3, -0.25) is 0 Å². The van der Waals surface area contributed by atoms with Crippen LogP contribution in [0.1, 0.15) is 12.0 Å². The molecule has 2 nitrogen and oxygen atoms in total. The van der Waals surface area contributed by atoms with Crippen LogP contribution in [0.5, 0.6) is 5.75 Å². The molecular formula is C12H15NO. The van der Waals surface area contributed by atoms with Crippen LogP contribution in [-0.2, 0) is 0 Å². The van der Waals surface area contributed by atoms with Crippen molar-refractivity contribution >= 4 is 5.69 Å². The summed E-state index contributed by atoms with van der Waals surface area (Å²) >= 11 is 0. The van der Waals surface area contributed by atoms with E-state index in [1.165, 1.54) is 0 Å². The topological polar surface area (TPSA) is 23.5 Å². The molecular weight excluding hydrogens is 174 g/mol. The Kier molecular flexibility index (Phi) is 2.44. The summed E-state index contributed by atoms with van der Waals surface area (Å²) < 4.78 is 0. The van der Waals surface area contributed by atoms with Gasteiger partial charge in [0.05, 0.1) is 0 Å². The minimum absolute atomic E-state index is 0.386. The third kappa shape index (κ3) is 1.60. The molecule has 1 aromatic carbocycles. The van der Waals surface area contributed by atoms with Gasteiger partial charge in [-0.2, -0.15) is 0 Å². The fraction of sp³-hybridized carbons (Fsp3) is 0.333. The fourth-order valence-corrected chi connectivity index (χ4v) is 1.81. The van der Waals surface area contributed by atoms with E-state index in [4.69, 9.17) is 0 Å². The normalized spacial score (nSPS) is 15.9. The fourth-order valence-electron chi connectivity index (χ4n) is 1.81. The highest BCUT2D eigenvalue weighted by atomic mass is 16.3. The van der Waals surface area contributed by atoms with E-state index in [0.29, 0.717) is 5.75 Å². The Morgan fingerprint density at radius 1 is 1.29 bits per heavy atom. The van der Waals surface area contributed by atoms with E-state index in [-0.39, 0.29) is 0 Å². The summed E-state index contributed by atoms with van der Waals surface area (Å²) in [4.78, 5) is 2.29. The molecule has 0 saturated carbocycles. The van der Waals surface area contributed by atoms with Crippen LogP contribution < -0.4 is 4.90 Å². The average Bonchev–Trinajstić information content (AvgIpc) is 2.23. The van der Waals surface area contributed by atoms with Gasteiger partial charge in [0.2, 0.25) is 0 Å². The molecule has 2 rings (SSSR count). The Hall–Kier alpha value is -1.44. The van der Waals surface area contributed by atoms with E-state index in [0.717, 1.165) is 30.8 Å². The smallest absolute Gasteiger partial charge is 0.120 e. The maximum atomic E-state index is 9.59. The number of hydrogen-bond donors (Lipinski definition) is 1. The van der Waals surface area contributed by atoms with Crippen molar-refractivity contribution < 1.29 is 5.11 Å². The van der Waals surface area contributed by atoms with Crippen molar-refractivity contribution in [2.24, 2.45) is 0 Å². The molecule has 0 amide bonds. The Balaban J connectivity index is 2.31. The highest BCUT2D eigenvalue weighted by Gasteiger charge is 2.11. The Morgan fingerprint density at radius 2 is 2.14 bits per heavy atom. The quantitative estimate of drug-likeness (QED) is 0.686. The molecule has 0 fully saturated rings. The van der Waals surface area contributed by atoms with Gasteiger partial charge in [-0.05, 0) is 25.5 Å². The van der Waals surface area contributed by atoms with Crippen molar-refractivity contribution in [3.05, 3.63) is 35.9 Å². The maximum Gasteiger partial charge on any atom is 0.120 e. The van der Waals surface area contributed by atoms with E-state index >= 15 is 0 Å². The van der Waals surface area contributed by atoms with Gasteiger partial charge in [0.15, 0.2) is 0 Å². The molecule has 0 radical (unpaired) electrons. The minimum Gasteiger partial charge on any atom is -0.508 e. The lowest BCUT2D eigenvalue weighted by atomic mass is 10.1. The summed E-state index contributed by atoms with van der Waals surface area (Å²) in [5, 5.41) is 9.59. The van der Waals surface area contributed by atoms with Crippen LogP contribution >= 0.6 is 0 Å². The number of benzene rings is 1. The number of phenolic OH excluding ortho intramolecular Hbond substituents is 1. The molecule has 0 spiro atoms. The van der Waals surface area contributed by atoms with Crippen molar-refractivity contribution in [2.75, 3.05) is 18.0 Å². The van der Waals surface area contributed by atoms with Crippen LogP contribution in [0.2, 0.25) is 0 Å².